The first-order valence-electron chi connectivity index (χ1n) is 7.41. The van der Waals surface area contributed by atoms with Crippen LogP contribution in [0.4, 0.5) is 8.78 Å². The molecule has 0 saturated carbocycles. The second kappa shape index (κ2) is 7.06. The Balaban J connectivity index is 1.66. The lowest BCUT2D eigenvalue weighted by molar-refractivity contribution is -0.0510. The molecule has 3 rings (SSSR count). The Kier molecular flexibility index (Phi) is 4.88. The molecule has 1 aromatic heterocycles. The highest BCUT2D eigenvalue weighted by Gasteiger charge is 2.23. The largest absolute Gasteiger partial charge is 0.435 e. The van der Waals surface area contributed by atoms with E-state index in [9.17, 15) is 8.78 Å². The smallest absolute Gasteiger partial charge is 0.387 e. The fraction of sp³-hybridized carbons (Fsp3) is 0.438. The molecule has 1 atom stereocenters. The van der Waals surface area contributed by atoms with Crippen LogP contribution in [-0.2, 0) is 11.3 Å². The number of halogens is 2. The molecule has 1 aromatic carbocycles. The van der Waals surface area contributed by atoms with Crippen LogP contribution in [0.3, 0.4) is 0 Å². The topological polar surface area (TPSA) is 47.7 Å². The molecule has 0 N–H and O–H groups in total. The lowest BCUT2D eigenvalue weighted by Gasteiger charge is -2.32. The minimum atomic E-state index is -2.83. The lowest BCUT2D eigenvalue weighted by atomic mass is 10.1. The van der Waals surface area contributed by atoms with Crippen LogP contribution in [0.25, 0.3) is 0 Å². The van der Waals surface area contributed by atoms with Crippen molar-refractivity contribution in [2.45, 2.75) is 26.2 Å². The van der Waals surface area contributed by atoms with Crippen LogP contribution in [0.1, 0.15) is 23.1 Å². The summed E-state index contributed by atoms with van der Waals surface area (Å²) in [6.07, 6.45) is -0.186. The summed E-state index contributed by atoms with van der Waals surface area (Å²) in [5.74, 6) is 0.946. The number of alkyl halides is 2. The van der Waals surface area contributed by atoms with E-state index in [1.807, 2.05) is 19.1 Å². The molecule has 0 aliphatic carbocycles. The van der Waals surface area contributed by atoms with E-state index in [1.165, 1.54) is 6.07 Å². The highest BCUT2D eigenvalue weighted by molar-refractivity contribution is 5.30. The summed E-state index contributed by atoms with van der Waals surface area (Å²) in [6, 6.07) is 8.55. The van der Waals surface area contributed by atoms with Gasteiger partial charge in [0.05, 0.1) is 24.9 Å². The number of aromatic nitrogens is 1. The van der Waals surface area contributed by atoms with E-state index in [-0.39, 0.29) is 11.9 Å². The van der Waals surface area contributed by atoms with Crippen LogP contribution >= 0.6 is 0 Å². The van der Waals surface area contributed by atoms with Crippen molar-refractivity contribution in [2.75, 3.05) is 19.7 Å². The monoisotopic (exact) mass is 324 g/mol. The molecule has 0 spiro atoms. The molecule has 1 unspecified atom stereocenters. The number of hydrogen-bond donors (Lipinski definition) is 0. The van der Waals surface area contributed by atoms with E-state index in [0.29, 0.717) is 19.7 Å². The third-order valence-corrected chi connectivity index (χ3v) is 3.66. The van der Waals surface area contributed by atoms with Crippen molar-refractivity contribution >= 4 is 0 Å². The van der Waals surface area contributed by atoms with Gasteiger partial charge >= 0.3 is 6.61 Å². The Morgan fingerprint density at radius 3 is 3.00 bits per heavy atom. The number of aryl methyl sites for hydroxylation is 1. The van der Waals surface area contributed by atoms with E-state index < -0.39 is 6.61 Å². The number of hydrogen-bond acceptors (Lipinski definition) is 5. The third-order valence-electron chi connectivity index (χ3n) is 3.66. The van der Waals surface area contributed by atoms with E-state index >= 15 is 0 Å². The average molecular weight is 324 g/mol. The standard InChI is InChI=1S/C16H18F2N2O3/c1-11-7-14(23-19-11)9-20-5-6-21-15(10-20)12-3-2-4-13(8-12)22-16(17)18/h2-4,7-8,15-16H,5-6,9-10H2,1H3. The van der Waals surface area contributed by atoms with Gasteiger partial charge in [0, 0.05) is 19.2 Å². The zero-order valence-corrected chi connectivity index (χ0v) is 12.7. The van der Waals surface area contributed by atoms with Crippen LogP contribution in [0.2, 0.25) is 0 Å². The zero-order valence-electron chi connectivity index (χ0n) is 12.7. The van der Waals surface area contributed by atoms with Gasteiger partial charge in [0.15, 0.2) is 5.76 Å². The van der Waals surface area contributed by atoms with Gasteiger partial charge in [0.25, 0.3) is 0 Å². The van der Waals surface area contributed by atoms with Crippen molar-refractivity contribution in [3.63, 3.8) is 0 Å². The number of morpholine rings is 1. The average Bonchev–Trinajstić information content (AvgIpc) is 2.92. The van der Waals surface area contributed by atoms with Gasteiger partial charge in [-0.2, -0.15) is 8.78 Å². The van der Waals surface area contributed by atoms with Crippen molar-refractivity contribution in [3.8, 4) is 5.75 Å². The minimum Gasteiger partial charge on any atom is -0.435 e. The summed E-state index contributed by atoms with van der Waals surface area (Å²) < 4.78 is 40.1. The van der Waals surface area contributed by atoms with Gasteiger partial charge in [0.1, 0.15) is 5.75 Å². The van der Waals surface area contributed by atoms with Crippen LogP contribution in [0.5, 0.6) is 5.75 Å². The maximum Gasteiger partial charge on any atom is 0.387 e. The molecule has 1 aliphatic rings. The Bertz CT molecular complexity index is 648. The first-order valence-corrected chi connectivity index (χ1v) is 7.41. The molecule has 0 radical (unpaired) electrons. The second-order valence-electron chi connectivity index (χ2n) is 5.48. The van der Waals surface area contributed by atoms with Crippen LogP contribution in [0.15, 0.2) is 34.9 Å². The van der Waals surface area contributed by atoms with Gasteiger partial charge in [-0.3, -0.25) is 4.90 Å². The van der Waals surface area contributed by atoms with Gasteiger partial charge < -0.3 is 14.0 Å². The minimum absolute atomic E-state index is 0.143. The van der Waals surface area contributed by atoms with Gasteiger partial charge in [-0.05, 0) is 24.6 Å². The van der Waals surface area contributed by atoms with E-state index in [1.54, 1.807) is 12.1 Å². The number of nitrogens with zero attached hydrogens (tertiary/aromatic N) is 2. The predicted octanol–water partition coefficient (Wildman–Crippen LogP) is 3.16. The van der Waals surface area contributed by atoms with Gasteiger partial charge in [-0.25, -0.2) is 0 Å². The molecule has 0 bridgehead atoms. The van der Waals surface area contributed by atoms with Gasteiger partial charge in [-0.15, -0.1) is 0 Å². The third kappa shape index (κ3) is 4.27. The first-order chi connectivity index (χ1) is 11.1. The van der Waals surface area contributed by atoms with E-state index in [4.69, 9.17) is 9.26 Å². The van der Waals surface area contributed by atoms with Crippen LogP contribution in [-0.4, -0.2) is 36.4 Å². The Hall–Kier alpha value is -1.99. The number of rotatable bonds is 5. The lowest BCUT2D eigenvalue weighted by Crippen LogP contribution is -2.37. The normalized spacial score (nSPS) is 19.2. The SMILES string of the molecule is Cc1cc(CN2CCOC(c3cccc(OC(F)F)c3)C2)on1. The van der Waals surface area contributed by atoms with E-state index in [2.05, 4.69) is 14.8 Å². The molecule has 1 fully saturated rings. The fourth-order valence-electron chi connectivity index (χ4n) is 2.65. The fourth-order valence-corrected chi connectivity index (χ4v) is 2.65. The maximum absolute atomic E-state index is 12.3. The highest BCUT2D eigenvalue weighted by atomic mass is 19.3. The molecule has 23 heavy (non-hydrogen) atoms. The summed E-state index contributed by atoms with van der Waals surface area (Å²) in [5, 5.41) is 3.88. The number of benzene rings is 1. The molecule has 1 aliphatic heterocycles. The summed E-state index contributed by atoms with van der Waals surface area (Å²) in [4.78, 5) is 2.19. The second-order valence-corrected chi connectivity index (χ2v) is 5.48. The summed E-state index contributed by atoms with van der Waals surface area (Å²) in [5.41, 5.74) is 1.67. The molecule has 1 saturated heterocycles. The quantitative estimate of drug-likeness (QED) is 0.845. The van der Waals surface area contributed by atoms with Crippen LogP contribution < -0.4 is 4.74 Å². The predicted molar refractivity (Wildman–Crippen MR) is 78.3 cm³/mol. The van der Waals surface area contributed by atoms with Crippen molar-refractivity contribution < 1.29 is 22.8 Å². The van der Waals surface area contributed by atoms with E-state index in [0.717, 1.165) is 23.6 Å². The molecule has 7 heteroatoms. The molecule has 124 valence electrons. The Morgan fingerprint density at radius 1 is 1.39 bits per heavy atom. The molecule has 2 aromatic rings. The highest BCUT2D eigenvalue weighted by Crippen LogP contribution is 2.26. The Labute approximate surface area is 132 Å². The van der Waals surface area contributed by atoms with Gasteiger partial charge in [0.2, 0.25) is 0 Å². The Morgan fingerprint density at radius 2 is 2.26 bits per heavy atom. The van der Waals surface area contributed by atoms with Crippen molar-refractivity contribution in [1.29, 1.82) is 0 Å². The summed E-state index contributed by atoms with van der Waals surface area (Å²) in [7, 11) is 0. The van der Waals surface area contributed by atoms with Crippen molar-refractivity contribution in [1.82, 2.24) is 10.1 Å². The maximum atomic E-state index is 12.3. The number of ether oxygens (including phenoxy) is 2. The molecule has 2 heterocycles. The molecular formula is C16H18F2N2O3. The van der Waals surface area contributed by atoms with Crippen molar-refractivity contribution in [2.24, 2.45) is 0 Å². The first kappa shape index (κ1) is 15.9. The zero-order chi connectivity index (χ0) is 16.2. The molecule has 0 amide bonds. The van der Waals surface area contributed by atoms with Gasteiger partial charge in [-0.1, -0.05) is 17.3 Å². The summed E-state index contributed by atoms with van der Waals surface area (Å²) in [6.45, 7) is 1.69. The molecular weight excluding hydrogens is 306 g/mol. The molecule has 5 nitrogen and oxygen atoms in total. The summed E-state index contributed by atoms with van der Waals surface area (Å²) >= 11 is 0. The van der Waals surface area contributed by atoms with Crippen molar-refractivity contribution in [3.05, 3.63) is 47.3 Å². The van der Waals surface area contributed by atoms with Crippen LogP contribution in [0, 0.1) is 6.92 Å².